The number of benzene rings is 2. The molecule has 0 aromatic heterocycles. The molecule has 1 heterocycles. The summed E-state index contributed by atoms with van der Waals surface area (Å²) in [6.07, 6.45) is 1.64. The van der Waals surface area contributed by atoms with Crippen LogP contribution in [0.2, 0.25) is 0 Å². The lowest BCUT2D eigenvalue weighted by Crippen LogP contribution is -2.19. The van der Waals surface area contributed by atoms with Crippen molar-refractivity contribution >= 4 is 27.5 Å². The van der Waals surface area contributed by atoms with Crippen molar-refractivity contribution in [2.24, 2.45) is 5.10 Å². The van der Waals surface area contributed by atoms with Crippen molar-refractivity contribution in [1.29, 1.82) is 0 Å². The molecule has 116 valence electrons. The number of hydrogen-bond donors (Lipinski definition) is 1. The van der Waals surface area contributed by atoms with Gasteiger partial charge in [0.1, 0.15) is 0 Å². The molecule has 1 amide bonds. The molecule has 5 nitrogen and oxygen atoms in total. The fourth-order valence-corrected chi connectivity index (χ4v) is 3.55. The summed E-state index contributed by atoms with van der Waals surface area (Å²) in [6.45, 7) is 0. The second kappa shape index (κ2) is 6.18. The fraction of sp³-hybridized carbons (Fsp3) is 0.0588. The van der Waals surface area contributed by atoms with Gasteiger partial charge in [0, 0.05) is 0 Å². The molecule has 1 aliphatic rings. The summed E-state index contributed by atoms with van der Waals surface area (Å²) < 4.78 is 24.9. The number of carbonyl (C=O) groups is 1. The van der Waals surface area contributed by atoms with E-state index < -0.39 is 15.7 Å². The summed E-state index contributed by atoms with van der Waals surface area (Å²) in [5.74, 6) is -0.721. The van der Waals surface area contributed by atoms with Crippen LogP contribution in [0, 0.1) is 0 Å². The predicted octanol–water partition coefficient (Wildman–Crippen LogP) is 2.03. The number of hydrazone groups is 1. The van der Waals surface area contributed by atoms with Crippen LogP contribution in [0.3, 0.4) is 0 Å². The summed E-state index contributed by atoms with van der Waals surface area (Å²) in [6, 6.07) is 17.4. The van der Waals surface area contributed by atoms with Gasteiger partial charge in [0.2, 0.25) is 0 Å². The van der Waals surface area contributed by atoms with E-state index in [2.05, 4.69) is 10.5 Å². The lowest BCUT2D eigenvalue weighted by molar-refractivity contribution is -0.116. The van der Waals surface area contributed by atoms with Crippen LogP contribution in [0.4, 0.5) is 0 Å². The van der Waals surface area contributed by atoms with Gasteiger partial charge in [-0.05, 0) is 23.8 Å². The average molecular weight is 326 g/mol. The Bertz CT molecular complexity index is 886. The lowest BCUT2D eigenvalue weighted by atomic mass is 10.1. The van der Waals surface area contributed by atoms with Gasteiger partial charge < -0.3 is 0 Å². The summed E-state index contributed by atoms with van der Waals surface area (Å²) in [4.78, 5) is 12.1. The third kappa shape index (κ3) is 3.37. The number of carbonyl (C=O) groups excluding carboxylic acids is 1. The smallest absolute Gasteiger partial charge is 0.267 e. The van der Waals surface area contributed by atoms with Crippen molar-refractivity contribution in [3.8, 4) is 0 Å². The number of sulfone groups is 1. The quantitative estimate of drug-likeness (QED) is 0.874. The lowest BCUT2D eigenvalue weighted by Gasteiger charge is -2.04. The standard InChI is InChI=1S/C17H14N2O3S/c20-17-15(11-13-7-3-1-4-8-13)16(18-19-17)12-23(21,22)14-9-5-2-6-10-14/h1-11H,12H2,(H,19,20)/b15-11+. The highest BCUT2D eigenvalue weighted by molar-refractivity contribution is 7.92. The van der Waals surface area contributed by atoms with Gasteiger partial charge in [0.05, 0.1) is 21.9 Å². The summed E-state index contributed by atoms with van der Waals surface area (Å²) in [7, 11) is -3.56. The zero-order valence-electron chi connectivity index (χ0n) is 12.1. The molecule has 23 heavy (non-hydrogen) atoms. The first-order valence-electron chi connectivity index (χ1n) is 6.98. The molecule has 0 unspecified atom stereocenters. The van der Waals surface area contributed by atoms with Gasteiger partial charge in [-0.25, -0.2) is 13.8 Å². The SMILES string of the molecule is O=C1NN=C(CS(=O)(=O)c2ccccc2)/C1=C\c1ccccc1. The summed E-state index contributed by atoms with van der Waals surface area (Å²) >= 11 is 0. The molecule has 0 spiro atoms. The number of amides is 1. The highest BCUT2D eigenvalue weighted by Gasteiger charge is 2.27. The molecule has 0 aliphatic carbocycles. The van der Waals surface area contributed by atoms with Crippen LogP contribution in [-0.2, 0) is 14.6 Å². The van der Waals surface area contributed by atoms with Crippen molar-refractivity contribution in [3.05, 3.63) is 71.8 Å². The molecule has 6 heteroatoms. The number of nitrogens with zero attached hydrogens (tertiary/aromatic N) is 1. The molecule has 0 radical (unpaired) electrons. The third-order valence-electron chi connectivity index (χ3n) is 3.39. The molecule has 0 atom stereocenters. The van der Waals surface area contributed by atoms with Gasteiger partial charge in [-0.1, -0.05) is 48.5 Å². The van der Waals surface area contributed by atoms with Gasteiger partial charge in [-0.3, -0.25) is 4.79 Å². The van der Waals surface area contributed by atoms with Crippen molar-refractivity contribution < 1.29 is 13.2 Å². The second-order valence-electron chi connectivity index (χ2n) is 5.04. The Labute approximate surface area is 134 Å². The third-order valence-corrected chi connectivity index (χ3v) is 5.03. The Hall–Kier alpha value is -2.73. The van der Waals surface area contributed by atoms with Crippen LogP contribution < -0.4 is 5.43 Å². The zero-order chi connectivity index (χ0) is 16.3. The Morgan fingerprint density at radius 3 is 2.22 bits per heavy atom. The molecule has 0 saturated heterocycles. The first-order valence-corrected chi connectivity index (χ1v) is 8.63. The van der Waals surface area contributed by atoms with E-state index in [1.807, 2.05) is 30.3 Å². The molecule has 0 fully saturated rings. The fourth-order valence-electron chi connectivity index (χ4n) is 2.24. The van der Waals surface area contributed by atoms with Crippen molar-refractivity contribution in [1.82, 2.24) is 5.43 Å². The number of rotatable bonds is 4. The first-order chi connectivity index (χ1) is 11.1. The van der Waals surface area contributed by atoms with E-state index in [1.54, 1.807) is 24.3 Å². The van der Waals surface area contributed by atoms with E-state index in [0.29, 0.717) is 0 Å². The molecule has 2 aromatic rings. The first kappa shape index (κ1) is 15.2. The largest absolute Gasteiger partial charge is 0.273 e. The second-order valence-corrected chi connectivity index (χ2v) is 7.03. The minimum atomic E-state index is -3.56. The van der Waals surface area contributed by atoms with Crippen LogP contribution in [-0.4, -0.2) is 25.8 Å². The monoisotopic (exact) mass is 326 g/mol. The normalized spacial score (nSPS) is 16.3. The van der Waals surface area contributed by atoms with Crippen LogP contribution in [0.25, 0.3) is 6.08 Å². The van der Waals surface area contributed by atoms with E-state index in [-0.39, 0.29) is 21.9 Å². The zero-order valence-corrected chi connectivity index (χ0v) is 13.0. The minimum Gasteiger partial charge on any atom is -0.267 e. The van der Waals surface area contributed by atoms with Crippen molar-refractivity contribution in [2.45, 2.75) is 4.90 Å². The Balaban J connectivity index is 1.91. The molecule has 3 rings (SSSR count). The molecule has 1 N–H and O–H groups in total. The van der Waals surface area contributed by atoms with Crippen LogP contribution in [0.15, 0.2) is 76.2 Å². The van der Waals surface area contributed by atoms with Crippen LogP contribution in [0.1, 0.15) is 5.56 Å². The highest BCUT2D eigenvalue weighted by Crippen LogP contribution is 2.17. The molecular formula is C17H14N2O3S. The maximum atomic E-state index is 12.4. The van der Waals surface area contributed by atoms with E-state index in [4.69, 9.17) is 0 Å². The van der Waals surface area contributed by atoms with Gasteiger partial charge in [0.15, 0.2) is 9.84 Å². The average Bonchev–Trinajstić information content (AvgIpc) is 2.89. The molecular weight excluding hydrogens is 312 g/mol. The van der Waals surface area contributed by atoms with Gasteiger partial charge in [-0.2, -0.15) is 5.10 Å². The van der Waals surface area contributed by atoms with Crippen LogP contribution in [0.5, 0.6) is 0 Å². The molecule has 0 bridgehead atoms. The number of nitrogens with one attached hydrogen (secondary N) is 1. The molecule has 2 aromatic carbocycles. The van der Waals surface area contributed by atoms with E-state index in [0.717, 1.165) is 5.56 Å². The Morgan fingerprint density at radius 1 is 0.957 bits per heavy atom. The Kier molecular flexibility index (Phi) is 4.08. The topological polar surface area (TPSA) is 75.6 Å². The van der Waals surface area contributed by atoms with Crippen molar-refractivity contribution in [2.75, 3.05) is 5.75 Å². The summed E-state index contributed by atoms with van der Waals surface area (Å²) in [5, 5.41) is 3.87. The van der Waals surface area contributed by atoms with Gasteiger partial charge >= 0.3 is 0 Å². The maximum absolute atomic E-state index is 12.4. The maximum Gasteiger partial charge on any atom is 0.273 e. The van der Waals surface area contributed by atoms with Gasteiger partial charge in [-0.15, -0.1) is 0 Å². The highest BCUT2D eigenvalue weighted by atomic mass is 32.2. The van der Waals surface area contributed by atoms with Crippen molar-refractivity contribution in [3.63, 3.8) is 0 Å². The van der Waals surface area contributed by atoms with E-state index in [9.17, 15) is 13.2 Å². The van der Waals surface area contributed by atoms with Gasteiger partial charge in [0.25, 0.3) is 5.91 Å². The summed E-state index contributed by atoms with van der Waals surface area (Å²) in [5.41, 5.74) is 3.64. The minimum absolute atomic E-state index is 0.209. The molecule has 1 aliphatic heterocycles. The van der Waals surface area contributed by atoms with Crippen LogP contribution >= 0.6 is 0 Å². The van der Waals surface area contributed by atoms with E-state index in [1.165, 1.54) is 12.1 Å². The predicted molar refractivity (Wildman–Crippen MR) is 88.5 cm³/mol. The molecule has 0 saturated carbocycles. The Morgan fingerprint density at radius 2 is 1.57 bits per heavy atom. The number of hydrogen-bond acceptors (Lipinski definition) is 4. The van der Waals surface area contributed by atoms with E-state index >= 15 is 0 Å².